The van der Waals surface area contributed by atoms with E-state index in [0.717, 1.165) is 18.5 Å². The largest absolute Gasteiger partial charge is 0.508 e. The van der Waals surface area contributed by atoms with Gasteiger partial charge in [-0.05, 0) is 43.0 Å². The molecule has 1 fully saturated rings. The predicted octanol–water partition coefficient (Wildman–Crippen LogP) is 2.38. The Bertz CT molecular complexity index is 316. The number of nitrogens with one attached hydrogen (secondary N) is 1. The minimum absolute atomic E-state index is 0.443. The molecule has 1 aromatic carbocycles. The fourth-order valence-corrected chi connectivity index (χ4v) is 2.25. The van der Waals surface area contributed by atoms with Crippen LogP contribution in [-0.2, 0) is 6.42 Å². The highest BCUT2D eigenvalue weighted by Gasteiger charge is 2.19. The molecule has 0 bridgehead atoms. The van der Waals surface area contributed by atoms with E-state index in [1.165, 1.54) is 18.4 Å². The van der Waals surface area contributed by atoms with Crippen LogP contribution in [0.25, 0.3) is 0 Å². The highest BCUT2D eigenvalue weighted by atomic mass is 16.3. The Morgan fingerprint density at radius 3 is 3.00 bits per heavy atom. The number of hydrogen-bond donors (Lipinski definition) is 2. The molecule has 2 nitrogen and oxygen atoms in total. The van der Waals surface area contributed by atoms with Crippen LogP contribution in [0.15, 0.2) is 18.2 Å². The maximum atomic E-state index is 9.72. The SMILES string of the molecule is CCc1c(O)cccc1C1CCCN1. The van der Waals surface area contributed by atoms with Gasteiger partial charge in [0.15, 0.2) is 0 Å². The van der Waals surface area contributed by atoms with Crippen molar-refractivity contribution in [2.45, 2.75) is 32.2 Å². The van der Waals surface area contributed by atoms with Gasteiger partial charge in [-0.25, -0.2) is 0 Å². The summed E-state index contributed by atoms with van der Waals surface area (Å²) in [5.74, 6) is 0.443. The molecule has 76 valence electrons. The lowest BCUT2D eigenvalue weighted by Gasteiger charge is -2.15. The quantitative estimate of drug-likeness (QED) is 0.752. The van der Waals surface area contributed by atoms with Gasteiger partial charge in [0, 0.05) is 6.04 Å². The fraction of sp³-hybridized carbons (Fsp3) is 0.500. The summed E-state index contributed by atoms with van der Waals surface area (Å²) in [6.07, 6.45) is 3.33. The van der Waals surface area contributed by atoms with Crippen molar-refractivity contribution in [2.75, 3.05) is 6.54 Å². The van der Waals surface area contributed by atoms with Gasteiger partial charge in [0.25, 0.3) is 0 Å². The second-order valence-corrected chi connectivity index (χ2v) is 3.85. The topological polar surface area (TPSA) is 32.3 Å². The summed E-state index contributed by atoms with van der Waals surface area (Å²) in [7, 11) is 0. The Morgan fingerprint density at radius 1 is 1.50 bits per heavy atom. The first-order valence-corrected chi connectivity index (χ1v) is 5.37. The van der Waals surface area contributed by atoms with Crippen LogP contribution in [0.3, 0.4) is 0 Å². The summed E-state index contributed by atoms with van der Waals surface area (Å²) in [6.45, 7) is 3.19. The molecule has 1 aromatic rings. The second-order valence-electron chi connectivity index (χ2n) is 3.85. The molecule has 0 saturated carbocycles. The Labute approximate surface area is 85.0 Å². The van der Waals surface area contributed by atoms with E-state index in [9.17, 15) is 5.11 Å². The first kappa shape index (κ1) is 9.53. The molecule has 2 heteroatoms. The van der Waals surface area contributed by atoms with Gasteiger partial charge in [-0.15, -0.1) is 0 Å². The van der Waals surface area contributed by atoms with Crippen molar-refractivity contribution in [1.82, 2.24) is 5.32 Å². The molecule has 1 aliphatic rings. The van der Waals surface area contributed by atoms with Crippen LogP contribution in [0.5, 0.6) is 5.75 Å². The highest BCUT2D eigenvalue weighted by molar-refractivity contribution is 5.41. The van der Waals surface area contributed by atoms with E-state index in [1.807, 2.05) is 6.07 Å². The minimum Gasteiger partial charge on any atom is -0.508 e. The van der Waals surface area contributed by atoms with Crippen LogP contribution in [0.4, 0.5) is 0 Å². The minimum atomic E-state index is 0.443. The van der Waals surface area contributed by atoms with Crippen LogP contribution in [-0.4, -0.2) is 11.7 Å². The molecule has 14 heavy (non-hydrogen) atoms. The molecule has 0 spiro atoms. The second kappa shape index (κ2) is 4.01. The van der Waals surface area contributed by atoms with E-state index in [1.54, 1.807) is 6.07 Å². The smallest absolute Gasteiger partial charge is 0.119 e. The van der Waals surface area contributed by atoms with Gasteiger partial charge in [-0.3, -0.25) is 0 Å². The summed E-state index contributed by atoms with van der Waals surface area (Å²) in [5, 5.41) is 13.2. The summed E-state index contributed by atoms with van der Waals surface area (Å²) in [5.41, 5.74) is 2.39. The third-order valence-electron chi connectivity index (χ3n) is 2.98. The average Bonchev–Trinajstić information content (AvgIpc) is 2.70. The Morgan fingerprint density at radius 2 is 2.36 bits per heavy atom. The maximum absolute atomic E-state index is 9.72. The molecule has 0 aliphatic carbocycles. The number of rotatable bonds is 2. The van der Waals surface area contributed by atoms with Gasteiger partial charge in [0.05, 0.1) is 0 Å². The van der Waals surface area contributed by atoms with Crippen LogP contribution in [0.1, 0.15) is 36.9 Å². The number of phenols is 1. The third-order valence-corrected chi connectivity index (χ3v) is 2.98. The number of benzene rings is 1. The predicted molar refractivity (Wildman–Crippen MR) is 57.5 cm³/mol. The molecule has 2 rings (SSSR count). The molecule has 0 amide bonds. The fourth-order valence-electron chi connectivity index (χ4n) is 2.25. The Balaban J connectivity index is 2.35. The van der Waals surface area contributed by atoms with Crippen molar-refractivity contribution in [3.63, 3.8) is 0 Å². The summed E-state index contributed by atoms with van der Waals surface area (Å²) >= 11 is 0. The van der Waals surface area contributed by atoms with Crippen molar-refractivity contribution in [3.05, 3.63) is 29.3 Å². The van der Waals surface area contributed by atoms with Crippen molar-refractivity contribution >= 4 is 0 Å². The molecular weight excluding hydrogens is 174 g/mol. The zero-order valence-electron chi connectivity index (χ0n) is 8.59. The zero-order chi connectivity index (χ0) is 9.97. The van der Waals surface area contributed by atoms with E-state index in [-0.39, 0.29) is 0 Å². The van der Waals surface area contributed by atoms with E-state index in [0.29, 0.717) is 11.8 Å². The van der Waals surface area contributed by atoms with E-state index in [2.05, 4.69) is 18.3 Å². The number of phenolic OH excluding ortho intramolecular Hbond substituents is 1. The van der Waals surface area contributed by atoms with Gasteiger partial charge in [0.1, 0.15) is 5.75 Å². The third kappa shape index (κ3) is 1.62. The lowest BCUT2D eigenvalue weighted by Crippen LogP contribution is -2.14. The molecule has 1 heterocycles. The van der Waals surface area contributed by atoms with Crippen LogP contribution in [0, 0.1) is 0 Å². The molecule has 2 N–H and O–H groups in total. The van der Waals surface area contributed by atoms with E-state index >= 15 is 0 Å². The monoisotopic (exact) mass is 191 g/mol. The first-order valence-electron chi connectivity index (χ1n) is 5.37. The number of hydrogen-bond acceptors (Lipinski definition) is 2. The lowest BCUT2D eigenvalue weighted by atomic mass is 9.97. The van der Waals surface area contributed by atoms with Crippen LogP contribution < -0.4 is 5.32 Å². The van der Waals surface area contributed by atoms with Gasteiger partial charge < -0.3 is 10.4 Å². The molecule has 0 radical (unpaired) electrons. The van der Waals surface area contributed by atoms with E-state index < -0.39 is 0 Å². The average molecular weight is 191 g/mol. The molecule has 1 unspecified atom stereocenters. The molecular formula is C12H17NO. The summed E-state index contributed by atoms with van der Waals surface area (Å²) in [4.78, 5) is 0. The van der Waals surface area contributed by atoms with Crippen molar-refractivity contribution < 1.29 is 5.11 Å². The van der Waals surface area contributed by atoms with Crippen molar-refractivity contribution in [3.8, 4) is 5.75 Å². The zero-order valence-corrected chi connectivity index (χ0v) is 8.59. The lowest BCUT2D eigenvalue weighted by molar-refractivity contribution is 0.465. The molecule has 1 atom stereocenters. The summed E-state index contributed by atoms with van der Waals surface area (Å²) < 4.78 is 0. The Kier molecular flexibility index (Phi) is 2.73. The van der Waals surface area contributed by atoms with Crippen molar-refractivity contribution in [1.29, 1.82) is 0 Å². The number of aromatic hydroxyl groups is 1. The van der Waals surface area contributed by atoms with Crippen LogP contribution in [0.2, 0.25) is 0 Å². The normalized spacial score (nSPS) is 21.4. The molecule has 1 saturated heterocycles. The highest BCUT2D eigenvalue weighted by Crippen LogP contribution is 2.30. The van der Waals surface area contributed by atoms with Gasteiger partial charge >= 0.3 is 0 Å². The van der Waals surface area contributed by atoms with Gasteiger partial charge in [-0.1, -0.05) is 19.1 Å². The molecule has 1 aliphatic heterocycles. The van der Waals surface area contributed by atoms with E-state index in [4.69, 9.17) is 0 Å². The first-order chi connectivity index (χ1) is 6.83. The van der Waals surface area contributed by atoms with Gasteiger partial charge in [0.2, 0.25) is 0 Å². The van der Waals surface area contributed by atoms with Crippen LogP contribution >= 0.6 is 0 Å². The summed E-state index contributed by atoms with van der Waals surface area (Å²) in [6, 6.07) is 6.29. The standard InChI is InChI=1S/C12H17NO/c1-2-9-10(5-3-7-12(9)14)11-6-4-8-13-11/h3,5,7,11,13-14H,2,4,6,8H2,1H3. The maximum Gasteiger partial charge on any atom is 0.119 e. The molecule has 0 aromatic heterocycles. The Hall–Kier alpha value is -1.02. The van der Waals surface area contributed by atoms with Gasteiger partial charge in [-0.2, -0.15) is 0 Å². The van der Waals surface area contributed by atoms with Crippen molar-refractivity contribution in [2.24, 2.45) is 0 Å².